The SMILES string of the molecule is CC(OC1CC2CCC1(C)C2(C)C)C(O)c1ccccc1. The molecule has 5 atom stereocenters. The standard InChI is InChI=1S/C19H28O2/c1-13(17(20)14-8-6-5-7-9-14)21-16-12-15-10-11-19(16,4)18(15,2)3/h5-9,13,15-17,20H,10-12H2,1-4H3. The van der Waals surface area contributed by atoms with Crippen LogP contribution in [0.5, 0.6) is 0 Å². The highest BCUT2D eigenvalue weighted by atomic mass is 16.5. The lowest BCUT2D eigenvalue weighted by Gasteiger charge is -2.40. The van der Waals surface area contributed by atoms with Crippen LogP contribution in [0, 0.1) is 16.7 Å². The molecule has 116 valence electrons. The third kappa shape index (κ3) is 2.24. The predicted molar refractivity (Wildman–Crippen MR) is 85.0 cm³/mol. The largest absolute Gasteiger partial charge is 0.386 e. The van der Waals surface area contributed by atoms with Crippen molar-refractivity contribution in [2.75, 3.05) is 0 Å². The summed E-state index contributed by atoms with van der Waals surface area (Å²) < 4.78 is 6.35. The Hall–Kier alpha value is -0.860. The Morgan fingerprint density at radius 2 is 1.86 bits per heavy atom. The van der Waals surface area contributed by atoms with E-state index in [1.807, 2.05) is 37.3 Å². The summed E-state index contributed by atoms with van der Waals surface area (Å²) in [6.07, 6.45) is 3.30. The summed E-state index contributed by atoms with van der Waals surface area (Å²) in [5, 5.41) is 10.5. The Bertz CT molecular complexity index is 496. The molecule has 1 aromatic rings. The number of aliphatic hydroxyl groups excluding tert-OH is 1. The highest BCUT2D eigenvalue weighted by Crippen LogP contribution is 2.66. The van der Waals surface area contributed by atoms with Crippen molar-refractivity contribution >= 4 is 0 Å². The van der Waals surface area contributed by atoms with E-state index >= 15 is 0 Å². The van der Waals surface area contributed by atoms with Gasteiger partial charge in [0.2, 0.25) is 0 Å². The van der Waals surface area contributed by atoms with Gasteiger partial charge in [-0.15, -0.1) is 0 Å². The molecule has 0 aliphatic heterocycles. The van der Waals surface area contributed by atoms with E-state index in [1.165, 1.54) is 12.8 Å². The van der Waals surface area contributed by atoms with E-state index in [1.54, 1.807) is 0 Å². The van der Waals surface area contributed by atoms with Crippen LogP contribution in [0.1, 0.15) is 58.6 Å². The second-order valence-electron chi connectivity index (χ2n) is 7.80. The van der Waals surface area contributed by atoms with Gasteiger partial charge < -0.3 is 9.84 Å². The molecule has 2 heteroatoms. The van der Waals surface area contributed by atoms with Crippen LogP contribution in [0.25, 0.3) is 0 Å². The first-order valence-corrected chi connectivity index (χ1v) is 8.25. The lowest BCUT2D eigenvalue weighted by molar-refractivity contribution is -0.118. The lowest BCUT2D eigenvalue weighted by Crippen LogP contribution is -2.39. The molecule has 2 aliphatic rings. The molecule has 2 nitrogen and oxygen atoms in total. The Labute approximate surface area is 128 Å². The lowest BCUT2D eigenvalue weighted by atomic mass is 9.70. The van der Waals surface area contributed by atoms with Crippen LogP contribution in [0.15, 0.2) is 30.3 Å². The van der Waals surface area contributed by atoms with E-state index in [4.69, 9.17) is 4.74 Å². The number of hydrogen-bond donors (Lipinski definition) is 1. The highest BCUT2D eigenvalue weighted by molar-refractivity contribution is 5.18. The van der Waals surface area contributed by atoms with Gasteiger partial charge in [-0.05, 0) is 48.5 Å². The van der Waals surface area contributed by atoms with Crippen LogP contribution in [-0.2, 0) is 4.74 Å². The fraction of sp³-hybridized carbons (Fsp3) is 0.684. The maximum atomic E-state index is 10.5. The van der Waals surface area contributed by atoms with Gasteiger partial charge in [-0.1, -0.05) is 51.1 Å². The van der Waals surface area contributed by atoms with Crippen molar-refractivity contribution in [2.45, 2.75) is 65.3 Å². The van der Waals surface area contributed by atoms with Crippen LogP contribution in [0.4, 0.5) is 0 Å². The van der Waals surface area contributed by atoms with E-state index in [-0.39, 0.29) is 17.6 Å². The molecule has 0 radical (unpaired) electrons. The predicted octanol–water partition coefficient (Wildman–Crippen LogP) is 4.34. The molecule has 2 saturated carbocycles. The van der Waals surface area contributed by atoms with Gasteiger partial charge in [0, 0.05) is 0 Å². The maximum absolute atomic E-state index is 10.5. The first-order valence-electron chi connectivity index (χ1n) is 8.25. The number of benzene rings is 1. The highest BCUT2D eigenvalue weighted by Gasteiger charge is 2.62. The third-order valence-electron chi connectivity index (χ3n) is 6.68. The second kappa shape index (κ2) is 5.10. The molecule has 3 rings (SSSR count). The molecule has 0 heterocycles. The molecule has 0 amide bonds. The molecule has 1 aromatic carbocycles. The minimum absolute atomic E-state index is 0.163. The zero-order valence-electron chi connectivity index (χ0n) is 13.7. The van der Waals surface area contributed by atoms with Crippen LogP contribution in [0.2, 0.25) is 0 Å². The van der Waals surface area contributed by atoms with Crippen molar-refractivity contribution in [2.24, 2.45) is 16.7 Å². The first-order chi connectivity index (χ1) is 9.86. The van der Waals surface area contributed by atoms with Crippen LogP contribution in [0.3, 0.4) is 0 Å². The number of rotatable bonds is 4. The summed E-state index contributed by atoms with van der Waals surface area (Å²) in [6, 6.07) is 9.84. The van der Waals surface area contributed by atoms with Gasteiger partial charge in [0.25, 0.3) is 0 Å². The van der Waals surface area contributed by atoms with Crippen molar-refractivity contribution in [3.63, 3.8) is 0 Å². The first kappa shape index (κ1) is 15.1. The van der Waals surface area contributed by atoms with Gasteiger partial charge in [0.1, 0.15) is 6.10 Å². The molecule has 0 spiro atoms. The van der Waals surface area contributed by atoms with Crippen molar-refractivity contribution in [1.29, 1.82) is 0 Å². The average Bonchev–Trinajstić information content (AvgIpc) is 2.80. The summed E-state index contributed by atoms with van der Waals surface area (Å²) in [5.74, 6) is 0.772. The molecular weight excluding hydrogens is 260 g/mol. The van der Waals surface area contributed by atoms with E-state index in [9.17, 15) is 5.11 Å². The van der Waals surface area contributed by atoms with Crippen LogP contribution >= 0.6 is 0 Å². The van der Waals surface area contributed by atoms with Gasteiger partial charge in [-0.3, -0.25) is 0 Å². The molecule has 0 saturated heterocycles. The Morgan fingerprint density at radius 1 is 1.19 bits per heavy atom. The monoisotopic (exact) mass is 288 g/mol. The van der Waals surface area contributed by atoms with Gasteiger partial charge >= 0.3 is 0 Å². The normalized spacial score (nSPS) is 36.6. The third-order valence-corrected chi connectivity index (χ3v) is 6.68. The zero-order chi connectivity index (χ0) is 15.3. The van der Waals surface area contributed by atoms with Crippen molar-refractivity contribution in [3.8, 4) is 0 Å². The smallest absolute Gasteiger partial charge is 0.105 e. The quantitative estimate of drug-likeness (QED) is 0.893. The summed E-state index contributed by atoms with van der Waals surface area (Å²) in [4.78, 5) is 0. The number of hydrogen-bond acceptors (Lipinski definition) is 2. The average molecular weight is 288 g/mol. The molecule has 2 aliphatic carbocycles. The van der Waals surface area contributed by atoms with Crippen molar-refractivity contribution < 1.29 is 9.84 Å². The molecule has 0 aromatic heterocycles. The van der Waals surface area contributed by atoms with Gasteiger partial charge in [-0.2, -0.15) is 0 Å². The number of aliphatic hydroxyl groups is 1. The number of ether oxygens (including phenoxy) is 1. The second-order valence-corrected chi connectivity index (χ2v) is 7.80. The molecule has 2 bridgehead atoms. The van der Waals surface area contributed by atoms with Gasteiger partial charge in [0.15, 0.2) is 0 Å². The van der Waals surface area contributed by atoms with Crippen molar-refractivity contribution in [3.05, 3.63) is 35.9 Å². The van der Waals surface area contributed by atoms with Crippen molar-refractivity contribution in [1.82, 2.24) is 0 Å². The van der Waals surface area contributed by atoms with Gasteiger partial charge in [-0.25, -0.2) is 0 Å². The summed E-state index contributed by atoms with van der Waals surface area (Å²) >= 11 is 0. The fourth-order valence-corrected chi connectivity index (χ4v) is 4.59. The topological polar surface area (TPSA) is 29.5 Å². The molecule has 2 fully saturated rings. The maximum Gasteiger partial charge on any atom is 0.105 e. The summed E-state index contributed by atoms with van der Waals surface area (Å²) in [6.45, 7) is 9.17. The Morgan fingerprint density at radius 3 is 2.38 bits per heavy atom. The zero-order valence-corrected chi connectivity index (χ0v) is 13.7. The Balaban J connectivity index is 1.71. The van der Waals surface area contributed by atoms with Crippen LogP contribution < -0.4 is 0 Å². The molecule has 5 unspecified atom stereocenters. The molecule has 1 N–H and O–H groups in total. The minimum atomic E-state index is -0.544. The van der Waals surface area contributed by atoms with E-state index in [0.29, 0.717) is 5.41 Å². The minimum Gasteiger partial charge on any atom is -0.386 e. The Kier molecular flexibility index (Phi) is 3.66. The number of fused-ring (bicyclic) bond motifs is 2. The summed E-state index contributed by atoms with van der Waals surface area (Å²) in [7, 11) is 0. The fourth-order valence-electron chi connectivity index (χ4n) is 4.59. The summed E-state index contributed by atoms with van der Waals surface area (Å²) in [5.41, 5.74) is 1.55. The molecule has 21 heavy (non-hydrogen) atoms. The molecular formula is C19H28O2. The van der Waals surface area contributed by atoms with Crippen LogP contribution in [-0.4, -0.2) is 17.3 Å². The van der Waals surface area contributed by atoms with Gasteiger partial charge in [0.05, 0.1) is 12.2 Å². The van der Waals surface area contributed by atoms with E-state index in [0.717, 1.165) is 17.9 Å². The van der Waals surface area contributed by atoms with E-state index < -0.39 is 6.10 Å². The van der Waals surface area contributed by atoms with E-state index in [2.05, 4.69) is 20.8 Å².